The van der Waals surface area contributed by atoms with Crippen LogP contribution >= 0.6 is 23.2 Å². The van der Waals surface area contributed by atoms with Gasteiger partial charge in [0.05, 0.1) is 10.6 Å². The Kier molecular flexibility index (Phi) is 5.89. The third-order valence-electron chi connectivity index (χ3n) is 6.95. The van der Waals surface area contributed by atoms with Gasteiger partial charge in [0.25, 0.3) is 5.91 Å². The molecule has 1 N–H and O–H groups in total. The number of benzene rings is 2. The van der Waals surface area contributed by atoms with Gasteiger partial charge in [-0.25, -0.2) is 0 Å². The Morgan fingerprint density at radius 3 is 2.44 bits per heavy atom. The predicted octanol–water partition coefficient (Wildman–Crippen LogP) is 5.34. The molecule has 3 saturated carbocycles. The molecule has 34 heavy (non-hydrogen) atoms. The minimum absolute atomic E-state index is 0.0512. The SMILES string of the molecule is O=C(COc1ccc(Cl)c(C(F)(F)F)c1)NC12CC(N3CCC(Oc4ccc(Cl)cc4)C3)(C1)C2. The summed E-state index contributed by atoms with van der Waals surface area (Å²) in [6, 6.07) is 10.6. The average molecular weight is 515 g/mol. The number of nitrogens with zero attached hydrogens (tertiary/aromatic N) is 1. The van der Waals surface area contributed by atoms with E-state index in [1.165, 1.54) is 6.07 Å². The van der Waals surface area contributed by atoms with Crippen molar-refractivity contribution >= 4 is 29.1 Å². The standard InChI is InChI=1S/C24H23Cl2F3N2O3/c25-15-1-3-16(4-2-15)34-18-7-8-31(10-18)23-12-22(13-23,14-23)30-21(32)11-33-17-5-6-20(26)19(9-17)24(27,28)29/h1-6,9,18H,7-8,10-14H2,(H,30,32). The summed E-state index contributed by atoms with van der Waals surface area (Å²) >= 11 is 11.5. The molecular formula is C24H23Cl2F3N2O3. The van der Waals surface area contributed by atoms with E-state index in [0.717, 1.165) is 56.7 Å². The molecular weight excluding hydrogens is 492 g/mol. The van der Waals surface area contributed by atoms with Crippen LogP contribution < -0.4 is 14.8 Å². The van der Waals surface area contributed by atoms with Crippen molar-refractivity contribution in [2.75, 3.05) is 19.7 Å². The molecule has 4 fully saturated rings. The fourth-order valence-electron chi connectivity index (χ4n) is 5.46. The average Bonchev–Trinajstić information content (AvgIpc) is 3.18. The first kappa shape index (κ1) is 23.6. The first-order chi connectivity index (χ1) is 16.1. The van der Waals surface area contributed by atoms with Crippen LogP contribution in [0.5, 0.6) is 11.5 Å². The summed E-state index contributed by atoms with van der Waals surface area (Å²) in [6.07, 6.45) is -0.947. The number of hydrogen-bond acceptors (Lipinski definition) is 4. The third-order valence-corrected chi connectivity index (χ3v) is 7.53. The number of carbonyl (C=O) groups is 1. The highest BCUT2D eigenvalue weighted by Gasteiger charge is 2.71. The molecule has 1 unspecified atom stereocenters. The zero-order valence-electron chi connectivity index (χ0n) is 18.1. The summed E-state index contributed by atoms with van der Waals surface area (Å²) < 4.78 is 50.3. The van der Waals surface area contributed by atoms with Gasteiger partial charge in [-0.3, -0.25) is 9.69 Å². The predicted molar refractivity (Wildman–Crippen MR) is 121 cm³/mol. The summed E-state index contributed by atoms with van der Waals surface area (Å²) in [6.45, 7) is 1.44. The molecule has 10 heteroatoms. The van der Waals surface area contributed by atoms with E-state index in [1.807, 2.05) is 24.3 Å². The second-order valence-corrected chi connectivity index (χ2v) is 10.3. The number of carbonyl (C=O) groups excluding carboxylic acids is 1. The lowest BCUT2D eigenvalue weighted by Crippen LogP contribution is -2.83. The van der Waals surface area contributed by atoms with Gasteiger partial charge >= 0.3 is 6.18 Å². The van der Waals surface area contributed by atoms with Crippen molar-refractivity contribution in [1.82, 2.24) is 10.2 Å². The summed E-state index contributed by atoms with van der Waals surface area (Å²) in [4.78, 5) is 14.8. The van der Waals surface area contributed by atoms with Crippen LogP contribution in [0.25, 0.3) is 0 Å². The van der Waals surface area contributed by atoms with Crippen LogP contribution in [-0.4, -0.2) is 47.7 Å². The Bertz CT molecular complexity index is 1070. The normalized spacial score (nSPS) is 28.1. The van der Waals surface area contributed by atoms with Gasteiger partial charge in [-0.15, -0.1) is 0 Å². The van der Waals surface area contributed by atoms with Gasteiger partial charge < -0.3 is 14.8 Å². The Balaban J connectivity index is 1.08. The molecule has 0 radical (unpaired) electrons. The molecule has 4 aliphatic rings. The molecule has 1 saturated heterocycles. The minimum atomic E-state index is -4.59. The van der Waals surface area contributed by atoms with E-state index < -0.39 is 16.8 Å². The molecule has 1 aliphatic heterocycles. The molecule has 2 aromatic rings. The Labute approximate surface area is 205 Å². The van der Waals surface area contributed by atoms with Crippen molar-refractivity contribution in [3.05, 3.63) is 58.1 Å². The number of likely N-dealkylation sites (tertiary alicyclic amines) is 1. The first-order valence-corrected chi connectivity index (χ1v) is 11.8. The molecule has 2 aromatic carbocycles. The lowest BCUT2D eigenvalue weighted by Gasteiger charge is -2.73. The number of ether oxygens (including phenoxy) is 2. The number of rotatable bonds is 7. The number of nitrogens with one attached hydrogen (secondary N) is 1. The highest BCUT2D eigenvalue weighted by molar-refractivity contribution is 6.31. The van der Waals surface area contributed by atoms with E-state index in [2.05, 4.69) is 10.2 Å². The van der Waals surface area contributed by atoms with Crippen LogP contribution in [0.1, 0.15) is 31.2 Å². The van der Waals surface area contributed by atoms with Crippen LogP contribution in [-0.2, 0) is 11.0 Å². The molecule has 3 aliphatic carbocycles. The minimum Gasteiger partial charge on any atom is -0.489 e. The molecule has 0 aromatic heterocycles. The van der Waals surface area contributed by atoms with Crippen molar-refractivity contribution in [2.45, 2.75) is 49.0 Å². The number of halogens is 5. The molecule has 1 heterocycles. The molecule has 6 rings (SSSR count). The monoisotopic (exact) mass is 514 g/mol. The van der Waals surface area contributed by atoms with Crippen LogP contribution in [0.2, 0.25) is 10.0 Å². The van der Waals surface area contributed by atoms with Gasteiger partial charge in [0, 0.05) is 29.2 Å². The maximum absolute atomic E-state index is 13.0. The molecule has 1 amide bonds. The van der Waals surface area contributed by atoms with Gasteiger partial charge in [0.2, 0.25) is 0 Å². The van der Waals surface area contributed by atoms with E-state index in [-0.39, 0.29) is 35.4 Å². The third kappa shape index (κ3) is 4.55. The van der Waals surface area contributed by atoms with Gasteiger partial charge in [-0.2, -0.15) is 13.2 Å². The number of hydrogen-bond donors (Lipinski definition) is 1. The van der Waals surface area contributed by atoms with Crippen molar-refractivity contribution in [3.63, 3.8) is 0 Å². The van der Waals surface area contributed by atoms with Gasteiger partial charge in [-0.1, -0.05) is 23.2 Å². The van der Waals surface area contributed by atoms with Crippen molar-refractivity contribution < 1.29 is 27.4 Å². The van der Waals surface area contributed by atoms with Crippen LogP contribution in [0.15, 0.2) is 42.5 Å². The smallest absolute Gasteiger partial charge is 0.417 e. The molecule has 1 atom stereocenters. The fourth-order valence-corrected chi connectivity index (χ4v) is 5.81. The maximum atomic E-state index is 13.0. The summed E-state index contributed by atoms with van der Waals surface area (Å²) in [7, 11) is 0. The quantitative estimate of drug-likeness (QED) is 0.542. The van der Waals surface area contributed by atoms with E-state index in [1.54, 1.807) is 0 Å². The zero-order valence-corrected chi connectivity index (χ0v) is 19.6. The highest BCUT2D eigenvalue weighted by Crippen LogP contribution is 2.64. The van der Waals surface area contributed by atoms with Gasteiger partial charge in [0.15, 0.2) is 6.61 Å². The first-order valence-electron chi connectivity index (χ1n) is 11.0. The van der Waals surface area contributed by atoms with Crippen molar-refractivity contribution in [1.29, 1.82) is 0 Å². The summed E-state index contributed by atoms with van der Waals surface area (Å²) in [5.74, 6) is 0.410. The lowest BCUT2D eigenvalue weighted by atomic mass is 9.43. The van der Waals surface area contributed by atoms with Crippen LogP contribution in [0.3, 0.4) is 0 Å². The van der Waals surface area contributed by atoms with E-state index >= 15 is 0 Å². The number of amides is 1. The van der Waals surface area contributed by atoms with E-state index in [9.17, 15) is 18.0 Å². The highest BCUT2D eigenvalue weighted by atomic mass is 35.5. The van der Waals surface area contributed by atoms with Crippen LogP contribution in [0.4, 0.5) is 13.2 Å². The van der Waals surface area contributed by atoms with Gasteiger partial charge in [0.1, 0.15) is 17.6 Å². The molecule has 0 spiro atoms. The molecule has 182 valence electrons. The maximum Gasteiger partial charge on any atom is 0.417 e. The number of alkyl halides is 3. The molecule has 5 nitrogen and oxygen atoms in total. The Morgan fingerprint density at radius 1 is 1.09 bits per heavy atom. The topological polar surface area (TPSA) is 50.8 Å². The van der Waals surface area contributed by atoms with E-state index in [4.69, 9.17) is 32.7 Å². The Morgan fingerprint density at radius 2 is 1.76 bits per heavy atom. The summed E-state index contributed by atoms with van der Waals surface area (Å²) in [5, 5.41) is 3.27. The van der Waals surface area contributed by atoms with Crippen molar-refractivity contribution in [2.24, 2.45) is 0 Å². The largest absolute Gasteiger partial charge is 0.489 e. The zero-order chi connectivity index (χ0) is 24.1. The van der Waals surface area contributed by atoms with Crippen LogP contribution in [0, 0.1) is 0 Å². The van der Waals surface area contributed by atoms with E-state index in [0.29, 0.717) is 5.02 Å². The molecule has 2 bridgehead atoms. The Hall–Kier alpha value is -2.16. The lowest BCUT2D eigenvalue weighted by molar-refractivity contribution is -0.179. The second-order valence-electron chi connectivity index (χ2n) is 9.44. The summed E-state index contributed by atoms with van der Waals surface area (Å²) in [5.41, 5.74) is -1.13. The van der Waals surface area contributed by atoms with Crippen molar-refractivity contribution in [3.8, 4) is 11.5 Å². The second kappa shape index (κ2) is 8.50. The fraction of sp³-hybridized carbons (Fsp3) is 0.458. The van der Waals surface area contributed by atoms with Gasteiger partial charge in [-0.05, 0) is 68.1 Å².